The lowest BCUT2D eigenvalue weighted by Gasteiger charge is -2.32. The van der Waals surface area contributed by atoms with Crippen LogP contribution >= 0.6 is 0 Å². The van der Waals surface area contributed by atoms with Gasteiger partial charge in [-0.1, -0.05) is 18.2 Å². The maximum atomic E-state index is 13.2. The maximum absolute atomic E-state index is 13.2. The van der Waals surface area contributed by atoms with E-state index < -0.39 is 41.8 Å². The second-order valence-electron chi connectivity index (χ2n) is 7.58. The zero-order valence-electron chi connectivity index (χ0n) is 17.6. The Morgan fingerprint density at radius 2 is 1.69 bits per heavy atom. The molecule has 3 N–H and O–H groups in total. The fourth-order valence-electron chi connectivity index (χ4n) is 3.31. The molecule has 1 aliphatic rings. The minimum Gasteiger partial charge on any atom is -0.481 e. The summed E-state index contributed by atoms with van der Waals surface area (Å²) in [5.74, 6) is -2.16. The number of hydrogen-bond donors (Lipinski definition) is 3. The normalized spacial score (nSPS) is 16.4. The van der Waals surface area contributed by atoms with Gasteiger partial charge in [0.1, 0.15) is 5.82 Å². The summed E-state index contributed by atoms with van der Waals surface area (Å²) in [5.41, 5.74) is -6.15. The molecule has 1 atom stereocenters. The molecular weight excluding hydrogens is 486 g/mol. The first kappa shape index (κ1) is 25.9. The van der Waals surface area contributed by atoms with Crippen molar-refractivity contribution in [3.8, 4) is 5.69 Å². The van der Waals surface area contributed by atoms with Crippen molar-refractivity contribution in [2.75, 3.05) is 5.32 Å². The predicted octanol–water partition coefficient (Wildman–Crippen LogP) is 4.06. The van der Waals surface area contributed by atoms with E-state index in [0.29, 0.717) is 24.2 Å². The average Bonchev–Trinajstić information content (AvgIpc) is 3.20. The average molecular weight is 504 g/mol. The van der Waals surface area contributed by atoms with Crippen LogP contribution in [0.25, 0.3) is 5.69 Å². The van der Waals surface area contributed by atoms with E-state index >= 15 is 0 Å². The maximum Gasteiger partial charge on any atom is 0.430 e. The number of nitrogens with zero attached hydrogens (tertiary/aromatic N) is 3. The van der Waals surface area contributed by atoms with Gasteiger partial charge in [-0.15, -0.1) is 0 Å². The molecule has 0 aliphatic carbocycles. The van der Waals surface area contributed by atoms with Crippen LogP contribution in [-0.4, -0.2) is 50.4 Å². The molecule has 1 aromatic heterocycles. The molecular formula is C21H18F6N4O4. The lowest BCUT2D eigenvalue weighted by molar-refractivity contribution is -0.376. The molecule has 188 valence electrons. The van der Waals surface area contributed by atoms with Crippen LogP contribution in [0.2, 0.25) is 0 Å². The zero-order chi connectivity index (χ0) is 26.0. The monoisotopic (exact) mass is 504 g/mol. The smallest absolute Gasteiger partial charge is 0.430 e. The summed E-state index contributed by atoms with van der Waals surface area (Å²) in [6.07, 6.45) is -7.64. The number of nitrogens with one attached hydrogen (secondary N) is 1. The Bertz CT molecular complexity index is 1140. The number of rotatable bonds is 7. The Kier molecular flexibility index (Phi) is 7.06. The van der Waals surface area contributed by atoms with Gasteiger partial charge in [0.2, 0.25) is 5.91 Å². The van der Waals surface area contributed by atoms with E-state index in [0.717, 1.165) is 16.8 Å². The molecule has 1 amide bonds. The third kappa shape index (κ3) is 5.37. The molecule has 0 saturated heterocycles. The van der Waals surface area contributed by atoms with Crippen molar-refractivity contribution in [2.24, 2.45) is 4.99 Å². The Balaban J connectivity index is 2.00. The van der Waals surface area contributed by atoms with Gasteiger partial charge in [0.15, 0.2) is 0 Å². The molecule has 2 heterocycles. The number of aromatic nitrogens is 2. The number of hydrogen-bond acceptors (Lipinski definition) is 5. The SMILES string of the molecule is O=C(O)CCC(=O)Nc1cc(C2C=CN=CC2)nn1-c1ccc(C(O)(C(F)(F)F)C(F)(F)F)cc1. The molecule has 8 nitrogen and oxygen atoms in total. The Labute approximate surface area is 193 Å². The first-order chi connectivity index (χ1) is 16.2. The second-order valence-corrected chi connectivity index (χ2v) is 7.58. The summed E-state index contributed by atoms with van der Waals surface area (Å²) in [4.78, 5) is 26.8. The highest BCUT2D eigenvalue weighted by atomic mass is 19.4. The number of carbonyl (C=O) groups is 2. The van der Waals surface area contributed by atoms with Gasteiger partial charge in [-0.2, -0.15) is 31.4 Å². The molecule has 0 spiro atoms. The lowest BCUT2D eigenvalue weighted by atomic mass is 9.92. The fraction of sp³-hybridized carbons (Fsp3) is 0.333. The van der Waals surface area contributed by atoms with E-state index in [1.807, 2.05) is 0 Å². The van der Waals surface area contributed by atoms with Crippen molar-refractivity contribution in [2.45, 2.75) is 43.1 Å². The van der Waals surface area contributed by atoms with E-state index in [9.17, 15) is 41.0 Å². The molecule has 2 aromatic rings. The Hall–Kier alpha value is -3.68. The summed E-state index contributed by atoms with van der Waals surface area (Å²) < 4.78 is 80.1. The number of aliphatic imine (C=N–C) groups is 1. The number of carboxylic acids is 1. The molecule has 0 radical (unpaired) electrons. The van der Waals surface area contributed by atoms with Crippen LogP contribution in [0.5, 0.6) is 0 Å². The summed E-state index contributed by atoms with van der Waals surface area (Å²) in [7, 11) is 0. The van der Waals surface area contributed by atoms with Gasteiger partial charge in [0, 0.05) is 36.4 Å². The summed E-state index contributed by atoms with van der Waals surface area (Å²) in [6.45, 7) is 0. The number of aliphatic carboxylic acids is 1. The third-order valence-corrected chi connectivity index (χ3v) is 5.16. The van der Waals surface area contributed by atoms with Crippen LogP contribution in [0.1, 0.15) is 36.4 Å². The van der Waals surface area contributed by atoms with Crippen molar-refractivity contribution < 1.29 is 46.1 Å². The molecule has 0 saturated carbocycles. The fourth-order valence-corrected chi connectivity index (χ4v) is 3.31. The first-order valence-corrected chi connectivity index (χ1v) is 10.0. The molecule has 0 bridgehead atoms. The highest BCUT2D eigenvalue weighted by molar-refractivity contribution is 5.92. The molecule has 3 rings (SSSR count). The van der Waals surface area contributed by atoms with E-state index in [1.165, 1.54) is 12.3 Å². The summed E-state index contributed by atoms with van der Waals surface area (Å²) >= 11 is 0. The van der Waals surface area contributed by atoms with Crippen LogP contribution < -0.4 is 5.32 Å². The van der Waals surface area contributed by atoms with Gasteiger partial charge in [0.05, 0.1) is 17.8 Å². The second kappa shape index (κ2) is 9.52. The van der Waals surface area contributed by atoms with Crippen LogP contribution in [0.4, 0.5) is 32.2 Å². The van der Waals surface area contributed by atoms with Crippen molar-refractivity contribution in [3.05, 3.63) is 53.9 Å². The number of carboxylic acid groups (broad SMARTS) is 1. The number of alkyl halides is 6. The minimum atomic E-state index is -6.04. The Morgan fingerprint density at radius 1 is 1.06 bits per heavy atom. The highest BCUT2D eigenvalue weighted by Gasteiger charge is 2.71. The number of halogens is 6. The van der Waals surface area contributed by atoms with E-state index in [2.05, 4.69) is 15.4 Å². The predicted molar refractivity (Wildman–Crippen MR) is 110 cm³/mol. The molecule has 1 unspecified atom stereocenters. The molecule has 14 heteroatoms. The van der Waals surface area contributed by atoms with Crippen molar-refractivity contribution in [1.29, 1.82) is 0 Å². The molecule has 35 heavy (non-hydrogen) atoms. The Morgan fingerprint density at radius 3 is 2.20 bits per heavy atom. The van der Waals surface area contributed by atoms with Crippen LogP contribution in [-0.2, 0) is 15.2 Å². The molecule has 1 aromatic carbocycles. The van der Waals surface area contributed by atoms with Crippen LogP contribution in [0.3, 0.4) is 0 Å². The van der Waals surface area contributed by atoms with Crippen LogP contribution in [0.15, 0.2) is 47.6 Å². The van der Waals surface area contributed by atoms with Gasteiger partial charge >= 0.3 is 18.3 Å². The zero-order valence-corrected chi connectivity index (χ0v) is 17.6. The quantitative estimate of drug-likeness (QED) is 0.492. The number of aliphatic hydroxyl groups is 1. The van der Waals surface area contributed by atoms with Crippen LogP contribution in [0, 0.1) is 0 Å². The topological polar surface area (TPSA) is 117 Å². The van der Waals surface area contributed by atoms with E-state index in [-0.39, 0.29) is 23.8 Å². The number of benzene rings is 1. The van der Waals surface area contributed by atoms with Crippen molar-refractivity contribution in [1.82, 2.24) is 9.78 Å². The van der Waals surface area contributed by atoms with E-state index in [4.69, 9.17) is 5.11 Å². The summed E-state index contributed by atoms with van der Waals surface area (Å²) in [5, 5.41) is 25.1. The van der Waals surface area contributed by atoms with Crippen molar-refractivity contribution in [3.63, 3.8) is 0 Å². The first-order valence-electron chi connectivity index (χ1n) is 10.0. The number of carbonyl (C=O) groups excluding carboxylic acids is 1. The molecule has 1 aliphatic heterocycles. The molecule has 0 fully saturated rings. The van der Waals surface area contributed by atoms with E-state index in [1.54, 1.807) is 12.3 Å². The van der Waals surface area contributed by atoms with Gasteiger partial charge in [-0.05, 0) is 18.6 Å². The van der Waals surface area contributed by atoms with Gasteiger partial charge in [-0.25, -0.2) is 4.68 Å². The standard InChI is InChI=1S/C21H18F6N4O4/c22-20(23,24)19(35,21(25,26)27)13-1-3-14(4-2-13)31-16(29-17(32)5-6-18(33)34)11-15(30-31)12-7-9-28-10-8-12/h1-4,7,9-12,35H,5-6,8H2,(H,29,32)(H,33,34). The largest absolute Gasteiger partial charge is 0.481 e. The number of anilines is 1. The van der Waals surface area contributed by atoms with Gasteiger partial charge in [0.25, 0.3) is 5.60 Å². The van der Waals surface area contributed by atoms with Gasteiger partial charge < -0.3 is 15.5 Å². The number of allylic oxidation sites excluding steroid dienone is 1. The van der Waals surface area contributed by atoms with Gasteiger partial charge in [-0.3, -0.25) is 14.6 Å². The van der Waals surface area contributed by atoms with Crippen molar-refractivity contribution >= 4 is 23.9 Å². The summed E-state index contributed by atoms with van der Waals surface area (Å²) in [6, 6.07) is 4.11. The minimum absolute atomic E-state index is 0.0148. The third-order valence-electron chi connectivity index (χ3n) is 5.16. The highest BCUT2D eigenvalue weighted by Crippen LogP contribution is 2.50. The number of amides is 1. The lowest BCUT2D eigenvalue weighted by Crippen LogP contribution is -2.53.